The second-order valence-electron chi connectivity index (χ2n) is 7.41. The fraction of sp³-hybridized carbons (Fsp3) is 0.421. The van der Waals surface area contributed by atoms with E-state index in [1.165, 1.54) is 18.5 Å². The summed E-state index contributed by atoms with van der Waals surface area (Å²) in [6, 6.07) is 2.35. The van der Waals surface area contributed by atoms with Crippen LogP contribution in [-0.4, -0.2) is 33.3 Å². The third-order valence-corrected chi connectivity index (χ3v) is 7.15. The van der Waals surface area contributed by atoms with E-state index in [1.54, 1.807) is 12.3 Å². The zero-order valence-corrected chi connectivity index (χ0v) is 17.3. The Hall–Kier alpha value is -2.69. The maximum absolute atomic E-state index is 13.3. The van der Waals surface area contributed by atoms with Crippen molar-refractivity contribution >= 4 is 20.9 Å². The van der Waals surface area contributed by atoms with Crippen LogP contribution in [0.15, 0.2) is 28.0 Å². The van der Waals surface area contributed by atoms with Crippen molar-refractivity contribution in [1.82, 2.24) is 19.1 Å². The number of hydrogen-bond acceptors (Lipinski definition) is 5. The van der Waals surface area contributed by atoms with E-state index in [2.05, 4.69) is 9.97 Å². The molecule has 0 atom stereocenters. The smallest absolute Gasteiger partial charge is 0.321 e. The molecular formula is C19H19F3N4O3S. The molecule has 3 aromatic heterocycles. The highest BCUT2D eigenvalue weighted by atomic mass is 32.2. The van der Waals surface area contributed by atoms with Gasteiger partial charge >= 0.3 is 6.18 Å². The van der Waals surface area contributed by atoms with E-state index in [9.17, 15) is 26.4 Å². The van der Waals surface area contributed by atoms with Crippen LogP contribution in [0.5, 0.6) is 0 Å². The molecule has 3 aromatic rings. The van der Waals surface area contributed by atoms with Gasteiger partial charge in [0.15, 0.2) is 15.7 Å². The zero-order chi connectivity index (χ0) is 22.0. The molecule has 1 aliphatic carbocycles. The normalized spacial score (nSPS) is 15.1. The molecule has 0 aliphatic heterocycles. The van der Waals surface area contributed by atoms with Gasteiger partial charge in [-0.15, -0.1) is 0 Å². The fourth-order valence-corrected chi connectivity index (χ4v) is 4.58. The minimum Gasteiger partial charge on any atom is -0.321 e. The molecule has 30 heavy (non-hydrogen) atoms. The van der Waals surface area contributed by atoms with Crippen molar-refractivity contribution in [1.29, 1.82) is 0 Å². The molecule has 160 valence electrons. The van der Waals surface area contributed by atoms with Crippen LogP contribution >= 0.6 is 0 Å². The van der Waals surface area contributed by atoms with Gasteiger partial charge in [0, 0.05) is 20.3 Å². The maximum atomic E-state index is 13.3. The molecule has 1 fully saturated rings. The average molecular weight is 440 g/mol. The molecule has 0 spiro atoms. The number of aryl methyl sites for hydroxylation is 1. The molecule has 0 radical (unpaired) electrons. The van der Waals surface area contributed by atoms with Crippen molar-refractivity contribution in [3.63, 3.8) is 0 Å². The summed E-state index contributed by atoms with van der Waals surface area (Å²) in [5.74, 6) is 0.120. The minimum atomic E-state index is -4.74. The van der Waals surface area contributed by atoms with Crippen molar-refractivity contribution in [2.24, 2.45) is 14.1 Å². The summed E-state index contributed by atoms with van der Waals surface area (Å²) in [5.41, 5.74) is -1.42. The molecule has 11 heteroatoms. The summed E-state index contributed by atoms with van der Waals surface area (Å²) in [4.78, 5) is 21.1. The number of rotatable bonds is 4. The lowest BCUT2D eigenvalue weighted by atomic mass is 10.2. The Morgan fingerprint density at radius 1 is 1.17 bits per heavy atom. The summed E-state index contributed by atoms with van der Waals surface area (Å²) in [6.45, 7) is 1.50. The summed E-state index contributed by atoms with van der Waals surface area (Å²) in [5, 5.41) is 0. The van der Waals surface area contributed by atoms with Gasteiger partial charge in [0.1, 0.15) is 16.9 Å². The summed E-state index contributed by atoms with van der Waals surface area (Å²) < 4.78 is 67.2. The third kappa shape index (κ3) is 3.21. The van der Waals surface area contributed by atoms with Crippen LogP contribution in [0, 0.1) is 0 Å². The van der Waals surface area contributed by atoms with Gasteiger partial charge in [0.05, 0.1) is 16.2 Å². The number of pyridine rings is 2. The number of hydrogen-bond donors (Lipinski definition) is 0. The fourth-order valence-electron chi connectivity index (χ4n) is 3.51. The lowest BCUT2D eigenvalue weighted by Crippen LogP contribution is -2.26. The van der Waals surface area contributed by atoms with E-state index in [0.29, 0.717) is 4.57 Å². The SMILES string of the molecule is CCS(=O)(=O)c1cc(C2CC2)cnc1-c1nc2cc(C(F)(F)F)n(C)c(=O)c2n1C. The quantitative estimate of drug-likeness (QED) is 0.623. The van der Waals surface area contributed by atoms with Gasteiger partial charge in [-0.3, -0.25) is 9.78 Å². The van der Waals surface area contributed by atoms with Crippen LogP contribution in [0.4, 0.5) is 13.2 Å². The number of nitrogens with zero attached hydrogens (tertiary/aromatic N) is 4. The van der Waals surface area contributed by atoms with E-state index in [0.717, 1.165) is 31.5 Å². The van der Waals surface area contributed by atoms with Crippen LogP contribution in [-0.2, 0) is 30.1 Å². The van der Waals surface area contributed by atoms with Gasteiger partial charge in [0.25, 0.3) is 5.56 Å². The first-order valence-electron chi connectivity index (χ1n) is 9.32. The van der Waals surface area contributed by atoms with Crippen LogP contribution in [0.2, 0.25) is 0 Å². The Bertz CT molecular complexity index is 1340. The van der Waals surface area contributed by atoms with Gasteiger partial charge in [-0.1, -0.05) is 6.92 Å². The van der Waals surface area contributed by atoms with Crippen molar-refractivity contribution in [2.45, 2.75) is 36.8 Å². The Labute approximate surface area is 170 Å². The molecule has 7 nitrogen and oxygen atoms in total. The van der Waals surface area contributed by atoms with E-state index < -0.39 is 27.3 Å². The maximum Gasteiger partial charge on any atom is 0.431 e. The number of fused-ring (bicyclic) bond motifs is 1. The molecule has 3 heterocycles. The molecule has 4 rings (SSSR count). The molecule has 1 saturated carbocycles. The number of imidazole rings is 1. The molecule has 0 bridgehead atoms. The predicted molar refractivity (Wildman–Crippen MR) is 104 cm³/mol. The van der Waals surface area contributed by atoms with Crippen molar-refractivity contribution < 1.29 is 21.6 Å². The van der Waals surface area contributed by atoms with Crippen molar-refractivity contribution in [3.05, 3.63) is 39.9 Å². The molecule has 0 unspecified atom stereocenters. The largest absolute Gasteiger partial charge is 0.431 e. The number of halogens is 3. The monoisotopic (exact) mass is 440 g/mol. The lowest BCUT2D eigenvalue weighted by molar-refractivity contribution is -0.143. The minimum absolute atomic E-state index is 0.0237. The van der Waals surface area contributed by atoms with Crippen LogP contribution in [0.1, 0.15) is 36.9 Å². The van der Waals surface area contributed by atoms with E-state index in [1.807, 2.05) is 0 Å². The van der Waals surface area contributed by atoms with Gasteiger partial charge in [-0.2, -0.15) is 13.2 Å². The highest BCUT2D eigenvalue weighted by Gasteiger charge is 2.35. The first-order valence-corrected chi connectivity index (χ1v) is 11.0. The first-order chi connectivity index (χ1) is 14.0. The zero-order valence-electron chi connectivity index (χ0n) is 16.5. The van der Waals surface area contributed by atoms with Gasteiger partial charge < -0.3 is 9.13 Å². The van der Waals surface area contributed by atoms with E-state index >= 15 is 0 Å². The Morgan fingerprint density at radius 3 is 2.40 bits per heavy atom. The summed E-state index contributed by atoms with van der Waals surface area (Å²) in [7, 11) is -1.20. The average Bonchev–Trinajstić information content (AvgIpc) is 3.47. The second kappa shape index (κ2) is 6.66. The number of sulfone groups is 1. The van der Waals surface area contributed by atoms with Crippen LogP contribution in [0.25, 0.3) is 22.6 Å². The molecule has 1 aliphatic rings. The van der Waals surface area contributed by atoms with E-state index in [4.69, 9.17) is 0 Å². The predicted octanol–water partition coefficient (Wildman–Crippen LogP) is 3.02. The highest BCUT2D eigenvalue weighted by molar-refractivity contribution is 7.91. The Morgan fingerprint density at radius 2 is 1.83 bits per heavy atom. The summed E-state index contributed by atoms with van der Waals surface area (Å²) >= 11 is 0. The van der Waals surface area contributed by atoms with Gasteiger partial charge in [0.2, 0.25) is 0 Å². The van der Waals surface area contributed by atoms with Crippen LogP contribution in [0.3, 0.4) is 0 Å². The van der Waals surface area contributed by atoms with Crippen LogP contribution < -0.4 is 5.56 Å². The van der Waals surface area contributed by atoms with Gasteiger partial charge in [-0.05, 0) is 36.5 Å². The molecule has 0 aromatic carbocycles. The molecule has 0 amide bonds. The van der Waals surface area contributed by atoms with Gasteiger partial charge in [-0.25, -0.2) is 13.4 Å². The summed E-state index contributed by atoms with van der Waals surface area (Å²) in [6.07, 6.45) is -1.26. The number of alkyl halides is 3. The number of aromatic nitrogens is 4. The Balaban J connectivity index is 2.02. The standard InChI is InChI=1S/C19H19F3N4O3S/c1-4-30(28,29)13-7-11(10-5-6-10)9-23-15(13)17-24-12-8-14(19(20,21)22)25(2)18(27)16(12)26(17)3/h7-10H,4-6H2,1-3H3. The Kier molecular flexibility index (Phi) is 4.57. The molecular weight excluding hydrogens is 421 g/mol. The highest BCUT2D eigenvalue weighted by Crippen LogP contribution is 2.41. The van der Waals surface area contributed by atoms with E-state index in [-0.39, 0.29) is 39.1 Å². The first kappa shape index (κ1) is 20.6. The third-order valence-electron chi connectivity index (χ3n) is 5.40. The topological polar surface area (TPSA) is 86.8 Å². The molecule has 0 N–H and O–H groups in total. The second-order valence-corrected chi connectivity index (χ2v) is 9.66. The van der Waals surface area contributed by atoms with Crippen molar-refractivity contribution in [2.75, 3.05) is 5.75 Å². The molecule has 0 saturated heterocycles. The lowest BCUT2D eigenvalue weighted by Gasteiger charge is -2.12. The van der Waals surface area contributed by atoms with Crippen molar-refractivity contribution in [3.8, 4) is 11.5 Å².